The molecule has 0 radical (unpaired) electrons. The van der Waals surface area contributed by atoms with Crippen LogP contribution < -0.4 is 14.7 Å². The smallest absolute Gasteiger partial charge is 0.227 e. The van der Waals surface area contributed by atoms with E-state index in [1.165, 1.54) is 12.8 Å². The van der Waals surface area contributed by atoms with Gasteiger partial charge in [0.05, 0.1) is 17.4 Å². The molecule has 2 fully saturated rings. The third-order valence-corrected chi connectivity index (χ3v) is 4.88. The normalized spacial score (nSPS) is 17.6. The van der Waals surface area contributed by atoms with Crippen LogP contribution in [-0.2, 0) is 0 Å². The van der Waals surface area contributed by atoms with E-state index in [1.54, 1.807) is 18.5 Å². The van der Waals surface area contributed by atoms with Crippen molar-refractivity contribution in [1.82, 2.24) is 15.0 Å². The minimum absolute atomic E-state index is 0.682. The van der Waals surface area contributed by atoms with E-state index in [2.05, 4.69) is 30.7 Å². The first kappa shape index (κ1) is 15.6. The van der Waals surface area contributed by atoms with Gasteiger partial charge in [0.1, 0.15) is 11.9 Å². The molecule has 0 amide bonds. The van der Waals surface area contributed by atoms with Crippen molar-refractivity contribution in [2.45, 2.75) is 12.8 Å². The van der Waals surface area contributed by atoms with Crippen molar-refractivity contribution in [3.8, 4) is 6.07 Å². The molecule has 7 nitrogen and oxygen atoms in total. The number of hydrogen-bond acceptors (Lipinski definition) is 7. The lowest BCUT2D eigenvalue weighted by atomic mass is 10.2. The van der Waals surface area contributed by atoms with Gasteiger partial charge in [-0.15, -0.1) is 0 Å². The summed E-state index contributed by atoms with van der Waals surface area (Å²) in [5, 5.41) is 9.28. The highest BCUT2D eigenvalue weighted by atomic mass is 15.3. The maximum Gasteiger partial charge on any atom is 0.227 e. The van der Waals surface area contributed by atoms with Crippen molar-refractivity contribution in [2.75, 3.05) is 54.0 Å². The monoisotopic (exact) mass is 335 g/mol. The number of hydrogen-bond donors (Lipinski definition) is 0. The topological polar surface area (TPSA) is 72.2 Å². The second kappa shape index (κ2) is 6.93. The number of piperazine rings is 1. The average Bonchev–Trinajstić information content (AvgIpc) is 3.23. The Bertz CT molecular complexity index is 771. The summed E-state index contributed by atoms with van der Waals surface area (Å²) in [5.74, 6) is 1.83. The Morgan fingerprint density at radius 2 is 1.64 bits per heavy atom. The molecule has 0 aromatic carbocycles. The first-order valence-electron chi connectivity index (χ1n) is 8.77. The maximum absolute atomic E-state index is 9.28. The predicted octanol–water partition coefficient (Wildman–Crippen LogP) is 1.67. The number of nitrogens with zero attached hydrogens (tertiary/aromatic N) is 7. The van der Waals surface area contributed by atoms with Crippen LogP contribution >= 0.6 is 0 Å². The van der Waals surface area contributed by atoms with Crippen molar-refractivity contribution in [1.29, 1.82) is 5.26 Å². The SMILES string of the molecule is N#Cc1ccncc1N1CCN(c2ccnc(N3CCCC3)n2)CC1. The molecular formula is C18H21N7. The van der Waals surface area contributed by atoms with E-state index in [1.807, 2.05) is 12.3 Å². The molecule has 0 atom stereocenters. The Hall–Kier alpha value is -2.88. The van der Waals surface area contributed by atoms with Crippen molar-refractivity contribution in [3.05, 3.63) is 36.3 Å². The molecule has 0 N–H and O–H groups in total. The van der Waals surface area contributed by atoms with Crippen molar-refractivity contribution >= 4 is 17.5 Å². The van der Waals surface area contributed by atoms with Gasteiger partial charge in [0.15, 0.2) is 0 Å². The fraction of sp³-hybridized carbons (Fsp3) is 0.444. The van der Waals surface area contributed by atoms with Crippen LogP contribution in [0.1, 0.15) is 18.4 Å². The standard InChI is InChI=1S/C18H21N7/c19-13-15-3-5-20-14-16(15)23-9-11-24(12-10-23)17-4-6-21-18(22-17)25-7-1-2-8-25/h3-6,14H,1-2,7-12H2. The van der Waals surface area contributed by atoms with E-state index < -0.39 is 0 Å². The van der Waals surface area contributed by atoms with Crippen molar-refractivity contribution in [2.24, 2.45) is 0 Å². The molecule has 7 heteroatoms. The fourth-order valence-electron chi connectivity index (χ4n) is 3.49. The minimum atomic E-state index is 0.682. The van der Waals surface area contributed by atoms with Crippen molar-refractivity contribution in [3.63, 3.8) is 0 Å². The molecule has 2 aromatic heterocycles. The lowest BCUT2D eigenvalue weighted by molar-refractivity contribution is 0.645. The summed E-state index contributed by atoms with van der Waals surface area (Å²) in [6.45, 7) is 5.55. The van der Waals surface area contributed by atoms with Crippen LogP contribution in [0.4, 0.5) is 17.5 Å². The Kier molecular flexibility index (Phi) is 4.34. The van der Waals surface area contributed by atoms with Crippen LogP contribution in [0.3, 0.4) is 0 Å². The molecule has 0 unspecified atom stereocenters. The molecule has 25 heavy (non-hydrogen) atoms. The molecule has 0 aliphatic carbocycles. The molecule has 0 saturated carbocycles. The maximum atomic E-state index is 9.28. The summed E-state index contributed by atoms with van der Waals surface area (Å²) in [7, 11) is 0. The number of aromatic nitrogens is 3. The summed E-state index contributed by atoms with van der Waals surface area (Å²) in [5.41, 5.74) is 1.60. The van der Waals surface area contributed by atoms with Crippen LogP contribution in [0.2, 0.25) is 0 Å². The highest BCUT2D eigenvalue weighted by Gasteiger charge is 2.22. The van der Waals surface area contributed by atoms with Crippen LogP contribution in [0.5, 0.6) is 0 Å². The van der Waals surface area contributed by atoms with Gasteiger partial charge in [-0.1, -0.05) is 0 Å². The first-order chi connectivity index (χ1) is 12.3. The quantitative estimate of drug-likeness (QED) is 0.845. The summed E-state index contributed by atoms with van der Waals surface area (Å²) in [6, 6.07) is 6.01. The molecule has 4 rings (SSSR count). The molecule has 4 heterocycles. The Balaban J connectivity index is 1.45. The van der Waals surface area contributed by atoms with Gasteiger partial charge in [0.2, 0.25) is 5.95 Å². The van der Waals surface area contributed by atoms with Gasteiger partial charge in [-0.25, -0.2) is 4.98 Å². The lowest BCUT2D eigenvalue weighted by Crippen LogP contribution is -2.47. The summed E-state index contributed by atoms with van der Waals surface area (Å²) < 4.78 is 0. The van der Waals surface area contributed by atoms with Crippen LogP contribution in [0.25, 0.3) is 0 Å². The van der Waals surface area contributed by atoms with Gasteiger partial charge in [0, 0.05) is 51.7 Å². The second-order valence-corrected chi connectivity index (χ2v) is 6.39. The van der Waals surface area contributed by atoms with Gasteiger partial charge in [-0.3, -0.25) is 4.98 Å². The van der Waals surface area contributed by atoms with Crippen molar-refractivity contribution < 1.29 is 0 Å². The number of pyridine rings is 1. The minimum Gasteiger partial charge on any atom is -0.366 e. The van der Waals surface area contributed by atoms with Crippen LogP contribution in [-0.4, -0.2) is 54.2 Å². The van der Waals surface area contributed by atoms with Gasteiger partial charge in [-0.05, 0) is 25.0 Å². The van der Waals surface area contributed by atoms with Crippen LogP contribution in [0.15, 0.2) is 30.7 Å². The van der Waals surface area contributed by atoms with E-state index in [9.17, 15) is 5.26 Å². The molecule has 2 saturated heterocycles. The summed E-state index contributed by atoms with van der Waals surface area (Å²) >= 11 is 0. The fourth-order valence-corrected chi connectivity index (χ4v) is 3.49. The highest BCUT2D eigenvalue weighted by Crippen LogP contribution is 2.23. The molecule has 0 spiro atoms. The number of anilines is 3. The van der Waals surface area contributed by atoms with E-state index in [-0.39, 0.29) is 0 Å². The highest BCUT2D eigenvalue weighted by molar-refractivity contribution is 5.58. The largest absolute Gasteiger partial charge is 0.366 e. The Labute approximate surface area is 147 Å². The Morgan fingerprint density at radius 1 is 0.880 bits per heavy atom. The van der Waals surface area contributed by atoms with Gasteiger partial charge >= 0.3 is 0 Å². The Morgan fingerprint density at radius 3 is 2.40 bits per heavy atom. The first-order valence-corrected chi connectivity index (χ1v) is 8.77. The number of nitriles is 1. The zero-order chi connectivity index (χ0) is 17.1. The summed E-state index contributed by atoms with van der Waals surface area (Å²) in [6.07, 6.45) is 7.75. The van der Waals surface area contributed by atoms with E-state index in [0.29, 0.717) is 5.56 Å². The zero-order valence-corrected chi connectivity index (χ0v) is 14.2. The predicted molar refractivity (Wildman–Crippen MR) is 96.9 cm³/mol. The molecular weight excluding hydrogens is 314 g/mol. The summed E-state index contributed by atoms with van der Waals surface area (Å²) in [4.78, 5) is 20.1. The molecule has 2 aromatic rings. The lowest BCUT2D eigenvalue weighted by Gasteiger charge is -2.37. The molecule has 2 aliphatic rings. The van der Waals surface area contributed by atoms with E-state index in [4.69, 9.17) is 4.98 Å². The van der Waals surface area contributed by atoms with Gasteiger partial charge in [-0.2, -0.15) is 10.2 Å². The van der Waals surface area contributed by atoms with Crippen LogP contribution in [0, 0.1) is 11.3 Å². The van der Waals surface area contributed by atoms with Gasteiger partial charge < -0.3 is 14.7 Å². The molecule has 128 valence electrons. The van der Waals surface area contributed by atoms with E-state index in [0.717, 1.165) is 56.7 Å². The van der Waals surface area contributed by atoms with E-state index >= 15 is 0 Å². The third kappa shape index (κ3) is 3.20. The zero-order valence-electron chi connectivity index (χ0n) is 14.2. The van der Waals surface area contributed by atoms with Gasteiger partial charge in [0.25, 0.3) is 0 Å². The number of rotatable bonds is 3. The molecule has 0 bridgehead atoms. The molecule has 2 aliphatic heterocycles. The average molecular weight is 335 g/mol. The second-order valence-electron chi connectivity index (χ2n) is 6.39. The third-order valence-electron chi connectivity index (χ3n) is 4.88.